The predicted octanol–water partition coefficient (Wildman–Crippen LogP) is 3.62. The highest BCUT2D eigenvalue weighted by Gasteiger charge is 2.11. The lowest BCUT2D eigenvalue weighted by atomic mass is 10.1. The second-order valence-corrected chi connectivity index (χ2v) is 8.46. The van der Waals surface area contributed by atoms with Gasteiger partial charge in [-0.25, -0.2) is 8.42 Å². The van der Waals surface area contributed by atoms with Gasteiger partial charge in [0.15, 0.2) is 11.5 Å². The van der Waals surface area contributed by atoms with Crippen LogP contribution in [0.2, 0.25) is 5.02 Å². The van der Waals surface area contributed by atoms with Gasteiger partial charge in [0.1, 0.15) is 0 Å². The zero-order valence-electron chi connectivity index (χ0n) is 16.5. The molecule has 156 valence electrons. The molecule has 29 heavy (non-hydrogen) atoms. The van der Waals surface area contributed by atoms with Crippen molar-refractivity contribution in [3.8, 4) is 11.5 Å². The quantitative estimate of drug-likeness (QED) is 0.614. The molecule has 0 bridgehead atoms. The maximum Gasteiger partial charge on any atom is 0.244 e. The fourth-order valence-corrected chi connectivity index (χ4v) is 3.49. The molecular weight excluding hydrogens is 416 g/mol. The van der Waals surface area contributed by atoms with Crippen LogP contribution in [0.25, 0.3) is 6.08 Å². The molecule has 0 aliphatic rings. The number of ether oxygens (including phenoxy) is 2. The zero-order chi connectivity index (χ0) is 21.6. The third-order valence-electron chi connectivity index (χ3n) is 3.93. The van der Waals surface area contributed by atoms with Crippen molar-refractivity contribution in [2.75, 3.05) is 25.2 Å². The standard InChI is InChI=1S/C20H23ClN2O5S/c1-13(15-6-5-7-16(12-15)23-29(4,25)26)22-19(24)9-8-14-10-17(21)20(28-3)18(11-14)27-2/h5-13,23H,1-4H3,(H,22,24). The molecule has 0 saturated heterocycles. The summed E-state index contributed by atoms with van der Waals surface area (Å²) in [4.78, 5) is 12.3. The Morgan fingerprint density at radius 3 is 2.52 bits per heavy atom. The van der Waals surface area contributed by atoms with Crippen LogP contribution in [-0.4, -0.2) is 34.8 Å². The van der Waals surface area contributed by atoms with Crippen LogP contribution in [0.3, 0.4) is 0 Å². The van der Waals surface area contributed by atoms with Crippen molar-refractivity contribution in [2.45, 2.75) is 13.0 Å². The first-order valence-electron chi connectivity index (χ1n) is 8.61. The van der Waals surface area contributed by atoms with Crippen molar-refractivity contribution in [3.05, 3.63) is 58.6 Å². The molecule has 2 aromatic carbocycles. The van der Waals surface area contributed by atoms with Gasteiger partial charge in [-0.3, -0.25) is 9.52 Å². The summed E-state index contributed by atoms with van der Waals surface area (Å²) in [6.45, 7) is 1.80. The number of rotatable bonds is 8. The van der Waals surface area contributed by atoms with Crippen molar-refractivity contribution >= 4 is 39.3 Å². The van der Waals surface area contributed by atoms with Crippen molar-refractivity contribution in [1.82, 2.24) is 5.32 Å². The first-order valence-corrected chi connectivity index (χ1v) is 10.9. The number of benzene rings is 2. The minimum absolute atomic E-state index is 0.315. The van der Waals surface area contributed by atoms with Crippen LogP contribution in [-0.2, 0) is 14.8 Å². The number of amides is 1. The van der Waals surface area contributed by atoms with E-state index in [1.807, 2.05) is 0 Å². The van der Waals surface area contributed by atoms with Gasteiger partial charge >= 0.3 is 0 Å². The van der Waals surface area contributed by atoms with E-state index >= 15 is 0 Å². The number of methoxy groups -OCH3 is 2. The molecular formula is C20H23ClN2O5S. The Kier molecular flexibility index (Phi) is 7.53. The molecule has 0 spiro atoms. The molecule has 9 heteroatoms. The Balaban J connectivity index is 2.09. The number of hydrogen-bond acceptors (Lipinski definition) is 5. The summed E-state index contributed by atoms with van der Waals surface area (Å²) < 4.78 is 35.6. The first-order chi connectivity index (χ1) is 13.6. The minimum atomic E-state index is -3.37. The van der Waals surface area contributed by atoms with Crippen molar-refractivity contribution < 1.29 is 22.7 Å². The third kappa shape index (κ3) is 6.69. The van der Waals surface area contributed by atoms with Crippen molar-refractivity contribution in [3.63, 3.8) is 0 Å². The molecule has 0 aromatic heterocycles. The van der Waals surface area contributed by atoms with Gasteiger partial charge in [0, 0.05) is 11.8 Å². The van der Waals surface area contributed by atoms with Crippen LogP contribution in [0.5, 0.6) is 11.5 Å². The van der Waals surface area contributed by atoms with Crippen molar-refractivity contribution in [2.24, 2.45) is 0 Å². The van der Waals surface area contributed by atoms with Crippen LogP contribution in [0, 0.1) is 0 Å². The van der Waals surface area contributed by atoms with Gasteiger partial charge in [-0.2, -0.15) is 0 Å². The van der Waals surface area contributed by atoms with E-state index in [0.717, 1.165) is 11.8 Å². The predicted molar refractivity (Wildman–Crippen MR) is 115 cm³/mol. The van der Waals surface area contributed by atoms with Gasteiger partial charge < -0.3 is 14.8 Å². The maximum absolute atomic E-state index is 12.3. The Morgan fingerprint density at radius 1 is 1.17 bits per heavy atom. The van der Waals surface area contributed by atoms with Crippen molar-refractivity contribution in [1.29, 1.82) is 0 Å². The second kappa shape index (κ2) is 9.67. The molecule has 0 heterocycles. The van der Waals surface area contributed by atoms with E-state index in [1.54, 1.807) is 49.4 Å². The van der Waals surface area contributed by atoms with Crippen LogP contribution in [0.1, 0.15) is 24.1 Å². The van der Waals surface area contributed by atoms with E-state index in [0.29, 0.717) is 27.8 Å². The lowest BCUT2D eigenvalue weighted by molar-refractivity contribution is -0.117. The largest absolute Gasteiger partial charge is 0.493 e. The number of anilines is 1. The van der Waals surface area contributed by atoms with Gasteiger partial charge in [-0.1, -0.05) is 23.7 Å². The third-order valence-corrected chi connectivity index (χ3v) is 4.82. The minimum Gasteiger partial charge on any atom is -0.493 e. The van der Waals surface area contributed by atoms with Crippen LogP contribution in [0.15, 0.2) is 42.5 Å². The summed E-state index contributed by atoms with van der Waals surface area (Å²) in [5.41, 5.74) is 1.87. The fraction of sp³-hybridized carbons (Fsp3) is 0.250. The normalized spacial score (nSPS) is 12.4. The van der Waals surface area contributed by atoms with Crippen LogP contribution in [0.4, 0.5) is 5.69 Å². The molecule has 0 fully saturated rings. The lowest BCUT2D eigenvalue weighted by Gasteiger charge is -2.14. The summed E-state index contributed by atoms with van der Waals surface area (Å²) in [7, 11) is -0.377. The molecule has 0 aliphatic heterocycles. The van der Waals surface area contributed by atoms with Gasteiger partial charge in [0.25, 0.3) is 0 Å². The molecule has 0 radical (unpaired) electrons. The molecule has 1 amide bonds. The average molecular weight is 439 g/mol. The summed E-state index contributed by atoms with van der Waals surface area (Å²) in [5.74, 6) is 0.570. The SMILES string of the molecule is COc1cc(C=CC(=O)NC(C)c2cccc(NS(C)(=O)=O)c2)cc(Cl)c1OC. The van der Waals surface area contributed by atoms with Crippen LogP contribution >= 0.6 is 11.6 Å². The average Bonchev–Trinajstić information content (AvgIpc) is 2.64. The smallest absolute Gasteiger partial charge is 0.244 e. The molecule has 1 atom stereocenters. The zero-order valence-corrected chi connectivity index (χ0v) is 18.1. The molecule has 0 aliphatic carbocycles. The van der Waals surface area contributed by atoms with E-state index in [2.05, 4.69) is 10.0 Å². The molecule has 2 N–H and O–H groups in total. The van der Waals surface area contributed by atoms with E-state index in [4.69, 9.17) is 21.1 Å². The fourth-order valence-electron chi connectivity index (χ4n) is 2.64. The number of nitrogens with one attached hydrogen (secondary N) is 2. The summed E-state index contributed by atoms with van der Waals surface area (Å²) >= 11 is 6.17. The van der Waals surface area contributed by atoms with Gasteiger partial charge in [-0.15, -0.1) is 0 Å². The molecule has 2 rings (SSSR count). The number of hydrogen-bond donors (Lipinski definition) is 2. The summed E-state index contributed by atoms with van der Waals surface area (Å²) in [6.07, 6.45) is 4.07. The monoisotopic (exact) mass is 438 g/mol. The molecule has 7 nitrogen and oxygen atoms in total. The Morgan fingerprint density at radius 2 is 1.90 bits per heavy atom. The van der Waals surface area contributed by atoms with Crippen LogP contribution < -0.4 is 19.5 Å². The Hall–Kier alpha value is -2.71. The topological polar surface area (TPSA) is 93.7 Å². The molecule has 2 aromatic rings. The summed E-state index contributed by atoms with van der Waals surface area (Å²) in [6, 6.07) is 9.86. The lowest BCUT2D eigenvalue weighted by Crippen LogP contribution is -2.24. The highest BCUT2D eigenvalue weighted by Crippen LogP contribution is 2.36. The second-order valence-electron chi connectivity index (χ2n) is 6.30. The van der Waals surface area contributed by atoms with E-state index < -0.39 is 10.0 Å². The van der Waals surface area contributed by atoms with Gasteiger partial charge in [-0.05, 0) is 48.4 Å². The van der Waals surface area contributed by atoms with Gasteiger partial charge in [0.05, 0.1) is 31.5 Å². The number of halogens is 1. The van der Waals surface area contributed by atoms with Gasteiger partial charge in [0.2, 0.25) is 15.9 Å². The first kappa shape index (κ1) is 22.6. The number of carbonyl (C=O) groups excluding carboxylic acids is 1. The number of carbonyl (C=O) groups is 1. The Labute approximate surface area is 175 Å². The van der Waals surface area contributed by atoms with E-state index in [-0.39, 0.29) is 11.9 Å². The maximum atomic E-state index is 12.3. The summed E-state index contributed by atoms with van der Waals surface area (Å²) in [5, 5.41) is 3.20. The highest BCUT2D eigenvalue weighted by atomic mass is 35.5. The molecule has 1 unspecified atom stereocenters. The highest BCUT2D eigenvalue weighted by molar-refractivity contribution is 7.92. The number of sulfonamides is 1. The Bertz CT molecular complexity index is 1020. The van der Waals surface area contributed by atoms with E-state index in [9.17, 15) is 13.2 Å². The van der Waals surface area contributed by atoms with E-state index in [1.165, 1.54) is 20.3 Å². The molecule has 0 saturated carbocycles.